The van der Waals surface area contributed by atoms with Crippen LogP contribution in [0.4, 0.5) is 0 Å². The number of rotatable bonds is 8. The maximum Gasteiger partial charge on any atom is 0.221 e. The van der Waals surface area contributed by atoms with E-state index in [0.29, 0.717) is 16.5 Å². The highest BCUT2D eigenvalue weighted by Crippen LogP contribution is 2.29. The number of hydrogen-bond acceptors (Lipinski definition) is 5. The van der Waals surface area contributed by atoms with Crippen molar-refractivity contribution in [3.63, 3.8) is 0 Å². The Balaban J connectivity index is 1.77. The number of nitrogens with zero attached hydrogens (tertiary/aromatic N) is 2. The Morgan fingerprint density at radius 1 is 1.22 bits per heavy atom. The molecule has 0 radical (unpaired) electrons. The summed E-state index contributed by atoms with van der Waals surface area (Å²) in [5, 5.41) is 4.85. The zero-order chi connectivity index (χ0) is 19.2. The van der Waals surface area contributed by atoms with E-state index in [0.717, 1.165) is 5.56 Å². The van der Waals surface area contributed by atoms with E-state index in [4.69, 9.17) is 4.74 Å². The van der Waals surface area contributed by atoms with Crippen LogP contribution < -0.4 is 10.1 Å². The van der Waals surface area contributed by atoms with Gasteiger partial charge >= 0.3 is 0 Å². The third-order valence-electron chi connectivity index (χ3n) is 4.25. The molecule has 0 aliphatic rings. The highest BCUT2D eigenvalue weighted by molar-refractivity contribution is 7.12. The van der Waals surface area contributed by atoms with Crippen molar-refractivity contribution in [2.24, 2.45) is 7.05 Å². The second kappa shape index (κ2) is 8.64. The minimum Gasteiger partial charge on any atom is -0.496 e. The summed E-state index contributed by atoms with van der Waals surface area (Å²) in [6, 6.07) is 10.6. The molecule has 140 valence electrons. The molecule has 2 aromatic heterocycles. The van der Waals surface area contributed by atoms with E-state index in [-0.39, 0.29) is 24.5 Å². The van der Waals surface area contributed by atoms with Gasteiger partial charge in [-0.1, -0.05) is 24.3 Å². The molecule has 1 atom stereocenters. The third kappa shape index (κ3) is 4.43. The fraction of sp³-hybridized carbons (Fsp3) is 0.250. The van der Waals surface area contributed by atoms with Gasteiger partial charge in [-0.15, -0.1) is 11.3 Å². The predicted molar refractivity (Wildman–Crippen MR) is 104 cm³/mol. The Morgan fingerprint density at radius 2 is 2.04 bits per heavy atom. The van der Waals surface area contributed by atoms with Crippen LogP contribution in [0.5, 0.6) is 5.75 Å². The van der Waals surface area contributed by atoms with Crippen molar-refractivity contribution in [2.75, 3.05) is 7.11 Å². The molecule has 1 N–H and O–H groups in total. The zero-order valence-electron chi connectivity index (χ0n) is 15.2. The average Bonchev–Trinajstić information content (AvgIpc) is 3.36. The highest BCUT2D eigenvalue weighted by Gasteiger charge is 2.24. The van der Waals surface area contributed by atoms with E-state index in [1.807, 2.05) is 53.5 Å². The number of hydrogen-bond donors (Lipinski definition) is 1. The molecule has 1 aromatic carbocycles. The Bertz CT molecular complexity index is 918. The van der Waals surface area contributed by atoms with Crippen LogP contribution in [0.25, 0.3) is 0 Å². The second-order valence-electron chi connectivity index (χ2n) is 6.04. The van der Waals surface area contributed by atoms with Crippen molar-refractivity contribution in [1.82, 2.24) is 14.9 Å². The molecule has 6 nitrogen and oxygen atoms in total. The highest BCUT2D eigenvalue weighted by atomic mass is 32.1. The maximum absolute atomic E-state index is 12.6. The summed E-state index contributed by atoms with van der Waals surface area (Å²) >= 11 is 1.39. The van der Waals surface area contributed by atoms with Gasteiger partial charge in [0.1, 0.15) is 17.6 Å². The number of thiophene rings is 1. The SMILES string of the molecule is COc1ccccc1[C@@H](NC(=O)CCC(=O)c1cccs1)c1nccn1C. The standard InChI is InChI=1S/C20H21N3O3S/c1-23-12-11-21-20(23)19(14-6-3-4-7-16(14)26-2)22-18(25)10-9-15(24)17-8-5-13-27-17/h3-8,11-13,19H,9-10H2,1-2H3,(H,22,25)/t19-/m1/s1. The first-order valence-corrected chi connectivity index (χ1v) is 9.44. The van der Waals surface area contributed by atoms with Gasteiger partial charge in [-0.25, -0.2) is 4.98 Å². The molecule has 2 heterocycles. The molecule has 1 amide bonds. The van der Waals surface area contributed by atoms with Gasteiger partial charge in [0.15, 0.2) is 5.78 Å². The number of nitrogens with one attached hydrogen (secondary N) is 1. The number of methoxy groups -OCH3 is 1. The summed E-state index contributed by atoms with van der Waals surface area (Å²) < 4.78 is 7.31. The number of aryl methyl sites for hydroxylation is 1. The largest absolute Gasteiger partial charge is 0.496 e. The molecule has 27 heavy (non-hydrogen) atoms. The molecule has 0 bridgehead atoms. The minimum absolute atomic E-state index is 0.0222. The third-order valence-corrected chi connectivity index (χ3v) is 5.16. The van der Waals surface area contributed by atoms with Gasteiger partial charge in [0.25, 0.3) is 0 Å². The van der Waals surface area contributed by atoms with Crippen LogP contribution >= 0.6 is 11.3 Å². The lowest BCUT2D eigenvalue weighted by atomic mass is 10.0. The summed E-state index contributed by atoms with van der Waals surface area (Å²) in [5.74, 6) is 1.13. The first kappa shape index (κ1) is 18.8. The summed E-state index contributed by atoms with van der Waals surface area (Å²) in [7, 11) is 3.47. The van der Waals surface area contributed by atoms with Crippen LogP contribution in [-0.2, 0) is 11.8 Å². The molecule has 3 aromatic rings. The van der Waals surface area contributed by atoms with Gasteiger partial charge in [0, 0.05) is 37.8 Å². The Morgan fingerprint density at radius 3 is 2.70 bits per heavy atom. The Labute approximate surface area is 161 Å². The number of amides is 1. The van der Waals surface area contributed by atoms with E-state index >= 15 is 0 Å². The van der Waals surface area contributed by atoms with Crippen LogP contribution in [0.15, 0.2) is 54.2 Å². The minimum atomic E-state index is -0.467. The fourth-order valence-electron chi connectivity index (χ4n) is 2.86. The number of Topliss-reactive ketones (excluding diaryl/α,β-unsaturated/α-hetero) is 1. The number of carbonyl (C=O) groups is 2. The summed E-state index contributed by atoms with van der Waals surface area (Å²) in [4.78, 5) is 29.8. The van der Waals surface area contributed by atoms with E-state index < -0.39 is 6.04 Å². The Hall–Kier alpha value is -2.93. The molecule has 0 fully saturated rings. The normalized spacial score (nSPS) is 11.8. The van der Waals surface area contributed by atoms with E-state index in [1.54, 1.807) is 19.4 Å². The van der Waals surface area contributed by atoms with E-state index in [1.165, 1.54) is 11.3 Å². The quantitative estimate of drug-likeness (QED) is 0.606. The Kier molecular flexibility index (Phi) is 6.03. The molecule has 0 saturated heterocycles. The number of benzene rings is 1. The fourth-order valence-corrected chi connectivity index (χ4v) is 3.56. The van der Waals surface area contributed by atoms with Crippen molar-refractivity contribution in [3.8, 4) is 5.75 Å². The van der Waals surface area contributed by atoms with E-state index in [9.17, 15) is 9.59 Å². The molecular weight excluding hydrogens is 362 g/mol. The summed E-state index contributed by atoms with van der Waals surface area (Å²) in [6.45, 7) is 0. The molecule has 0 aliphatic heterocycles. The number of aromatic nitrogens is 2. The molecule has 0 spiro atoms. The van der Waals surface area contributed by atoms with E-state index in [2.05, 4.69) is 10.3 Å². The van der Waals surface area contributed by atoms with Gasteiger partial charge < -0.3 is 14.6 Å². The first-order valence-electron chi connectivity index (χ1n) is 8.56. The molecule has 3 rings (SSSR count). The number of ketones is 1. The van der Waals surface area contributed by atoms with Gasteiger partial charge in [-0.05, 0) is 17.5 Å². The van der Waals surface area contributed by atoms with Gasteiger partial charge in [-0.3, -0.25) is 9.59 Å². The number of para-hydroxylation sites is 1. The first-order chi connectivity index (χ1) is 13.1. The van der Waals surface area contributed by atoms with Crippen LogP contribution in [0.3, 0.4) is 0 Å². The number of carbonyl (C=O) groups excluding carboxylic acids is 2. The topological polar surface area (TPSA) is 73.2 Å². The molecule has 0 saturated carbocycles. The van der Waals surface area contributed by atoms with Crippen molar-refractivity contribution >= 4 is 23.0 Å². The van der Waals surface area contributed by atoms with Gasteiger partial charge in [0.05, 0.1) is 12.0 Å². The molecular formula is C20H21N3O3S. The molecule has 0 aliphatic carbocycles. The van der Waals surface area contributed by atoms with Crippen molar-refractivity contribution in [3.05, 3.63) is 70.4 Å². The maximum atomic E-state index is 12.6. The second-order valence-corrected chi connectivity index (χ2v) is 6.99. The molecule has 0 unspecified atom stereocenters. The smallest absolute Gasteiger partial charge is 0.221 e. The van der Waals surface area contributed by atoms with Crippen molar-refractivity contribution in [2.45, 2.75) is 18.9 Å². The predicted octanol–water partition coefficient (Wildman–Crippen LogP) is 3.36. The van der Waals surface area contributed by atoms with Crippen molar-refractivity contribution in [1.29, 1.82) is 0 Å². The average molecular weight is 383 g/mol. The summed E-state index contributed by atoms with van der Waals surface area (Å²) in [6.07, 6.45) is 3.80. The lowest BCUT2D eigenvalue weighted by molar-refractivity contribution is -0.121. The molecule has 7 heteroatoms. The number of ether oxygens (including phenoxy) is 1. The zero-order valence-corrected chi connectivity index (χ0v) is 16.0. The van der Waals surface area contributed by atoms with Crippen molar-refractivity contribution < 1.29 is 14.3 Å². The van der Waals surface area contributed by atoms with Crippen LogP contribution in [0, 0.1) is 0 Å². The van der Waals surface area contributed by atoms with Crippen LogP contribution in [-0.4, -0.2) is 28.4 Å². The van der Waals surface area contributed by atoms with Gasteiger partial charge in [0.2, 0.25) is 5.91 Å². The lowest BCUT2D eigenvalue weighted by Gasteiger charge is -2.21. The van der Waals surface area contributed by atoms with Gasteiger partial charge in [-0.2, -0.15) is 0 Å². The van der Waals surface area contributed by atoms with Crippen LogP contribution in [0.2, 0.25) is 0 Å². The lowest BCUT2D eigenvalue weighted by Crippen LogP contribution is -2.31. The van der Waals surface area contributed by atoms with Crippen LogP contribution in [0.1, 0.15) is 39.9 Å². The monoisotopic (exact) mass is 383 g/mol. The summed E-state index contributed by atoms with van der Waals surface area (Å²) in [5.41, 5.74) is 0.812. The number of imidazole rings is 1.